The Morgan fingerprint density at radius 1 is 1.22 bits per heavy atom. The van der Waals surface area contributed by atoms with E-state index in [4.69, 9.17) is 0 Å². The molecule has 27 heavy (non-hydrogen) atoms. The first kappa shape index (κ1) is 17.5. The van der Waals surface area contributed by atoms with Gasteiger partial charge in [0.2, 0.25) is 0 Å². The molecule has 3 aromatic rings. The summed E-state index contributed by atoms with van der Waals surface area (Å²) in [6.07, 6.45) is 4.24. The van der Waals surface area contributed by atoms with Crippen molar-refractivity contribution in [3.63, 3.8) is 0 Å². The van der Waals surface area contributed by atoms with Crippen LogP contribution in [0.2, 0.25) is 0 Å². The number of nitrogens with zero attached hydrogens (tertiary/aromatic N) is 3. The van der Waals surface area contributed by atoms with E-state index in [0.29, 0.717) is 48.1 Å². The Kier molecular flexibility index (Phi) is 4.36. The van der Waals surface area contributed by atoms with Gasteiger partial charge in [-0.2, -0.15) is 0 Å². The molecule has 0 saturated carbocycles. The van der Waals surface area contributed by atoms with Crippen molar-refractivity contribution in [3.05, 3.63) is 71.4 Å². The van der Waals surface area contributed by atoms with E-state index in [1.807, 2.05) is 6.07 Å². The lowest BCUT2D eigenvalue weighted by molar-refractivity contribution is -0.0213. The monoisotopic (exact) mass is 365 g/mol. The first-order chi connectivity index (χ1) is 13.0. The summed E-state index contributed by atoms with van der Waals surface area (Å²) in [6, 6.07) is 9.68. The number of aliphatic hydroxyl groups is 1. The van der Waals surface area contributed by atoms with Crippen molar-refractivity contribution < 1.29 is 14.3 Å². The molecule has 5 nitrogen and oxygen atoms in total. The van der Waals surface area contributed by atoms with E-state index in [9.17, 15) is 14.3 Å². The third-order valence-electron chi connectivity index (χ3n) is 5.21. The summed E-state index contributed by atoms with van der Waals surface area (Å²) in [7, 11) is 0. The molecule has 1 saturated heterocycles. The molecule has 1 amide bonds. The molecule has 138 valence electrons. The fourth-order valence-electron chi connectivity index (χ4n) is 3.69. The number of carbonyl (C=O) groups excluding carboxylic acids is 1. The van der Waals surface area contributed by atoms with Crippen molar-refractivity contribution in [3.8, 4) is 0 Å². The number of hydrogen-bond acceptors (Lipinski definition) is 4. The van der Waals surface area contributed by atoms with Crippen LogP contribution in [0.15, 0.2) is 48.8 Å². The first-order valence-corrected chi connectivity index (χ1v) is 8.95. The fraction of sp³-hybridized carbons (Fsp3) is 0.286. The van der Waals surface area contributed by atoms with Crippen molar-refractivity contribution in [1.29, 1.82) is 0 Å². The highest BCUT2D eigenvalue weighted by atomic mass is 19.1. The smallest absolute Gasteiger partial charge is 0.254 e. The topological polar surface area (TPSA) is 66.3 Å². The van der Waals surface area contributed by atoms with E-state index in [2.05, 4.69) is 9.97 Å². The van der Waals surface area contributed by atoms with Crippen molar-refractivity contribution in [2.75, 3.05) is 13.1 Å². The Bertz CT molecular complexity index is 994. The molecular formula is C21H20FN3O2. The Labute approximate surface area is 156 Å². The molecule has 3 heterocycles. The number of hydrogen-bond donors (Lipinski definition) is 1. The number of fused-ring (bicyclic) bond motifs is 1. The second-order valence-corrected chi connectivity index (χ2v) is 7.04. The maximum Gasteiger partial charge on any atom is 0.254 e. The molecule has 1 N–H and O–H groups in total. The van der Waals surface area contributed by atoms with Gasteiger partial charge in [-0.25, -0.2) is 4.39 Å². The summed E-state index contributed by atoms with van der Waals surface area (Å²) in [6.45, 7) is 2.67. The van der Waals surface area contributed by atoms with Gasteiger partial charge in [0.05, 0.1) is 16.7 Å². The Hall–Kier alpha value is -2.86. The zero-order valence-electron chi connectivity index (χ0n) is 15.0. The third-order valence-corrected chi connectivity index (χ3v) is 5.21. The van der Waals surface area contributed by atoms with Crippen LogP contribution in [0.25, 0.3) is 10.9 Å². The minimum Gasteiger partial charge on any atom is -0.385 e. The SMILES string of the molecule is Cc1cc(C(=O)N2CCC(O)(c3cccnc3)CC2)c2ccc(F)cc2n1. The van der Waals surface area contributed by atoms with Gasteiger partial charge in [0.1, 0.15) is 5.82 Å². The van der Waals surface area contributed by atoms with Crippen LogP contribution in [-0.4, -0.2) is 39.0 Å². The van der Waals surface area contributed by atoms with Gasteiger partial charge in [0.15, 0.2) is 0 Å². The van der Waals surface area contributed by atoms with Crippen LogP contribution < -0.4 is 0 Å². The van der Waals surface area contributed by atoms with Gasteiger partial charge in [-0.05, 0) is 44.0 Å². The molecule has 0 radical (unpaired) electrons. The molecule has 1 aliphatic heterocycles. The Balaban J connectivity index is 1.59. The minimum absolute atomic E-state index is 0.120. The van der Waals surface area contributed by atoms with Crippen LogP contribution in [0.1, 0.15) is 34.5 Å². The normalized spacial score (nSPS) is 16.5. The number of aryl methyl sites for hydroxylation is 1. The highest BCUT2D eigenvalue weighted by Gasteiger charge is 2.36. The number of halogens is 1. The van der Waals surface area contributed by atoms with Gasteiger partial charge >= 0.3 is 0 Å². The van der Waals surface area contributed by atoms with E-state index in [1.165, 1.54) is 12.1 Å². The summed E-state index contributed by atoms with van der Waals surface area (Å²) in [4.78, 5) is 23.3. The second-order valence-electron chi connectivity index (χ2n) is 7.04. The van der Waals surface area contributed by atoms with E-state index in [0.717, 1.165) is 5.56 Å². The fourth-order valence-corrected chi connectivity index (χ4v) is 3.69. The highest BCUT2D eigenvalue weighted by molar-refractivity contribution is 6.06. The number of amides is 1. The number of aromatic nitrogens is 2. The minimum atomic E-state index is -0.968. The van der Waals surface area contributed by atoms with Gasteiger partial charge < -0.3 is 10.0 Å². The molecule has 1 aliphatic rings. The number of benzene rings is 1. The molecule has 0 atom stereocenters. The van der Waals surface area contributed by atoms with E-state index in [-0.39, 0.29) is 11.7 Å². The van der Waals surface area contributed by atoms with Crippen LogP contribution in [0.5, 0.6) is 0 Å². The van der Waals surface area contributed by atoms with Crippen molar-refractivity contribution in [1.82, 2.24) is 14.9 Å². The molecule has 4 rings (SSSR count). The van der Waals surface area contributed by atoms with Crippen LogP contribution in [0.4, 0.5) is 4.39 Å². The number of likely N-dealkylation sites (tertiary alicyclic amines) is 1. The predicted octanol–water partition coefficient (Wildman–Crippen LogP) is 3.20. The molecule has 0 unspecified atom stereocenters. The molecular weight excluding hydrogens is 345 g/mol. The number of piperidine rings is 1. The Morgan fingerprint density at radius 3 is 2.70 bits per heavy atom. The second kappa shape index (κ2) is 6.70. The van der Waals surface area contributed by atoms with Crippen LogP contribution in [0.3, 0.4) is 0 Å². The molecule has 6 heteroatoms. The zero-order chi connectivity index (χ0) is 19.0. The average Bonchev–Trinajstić information content (AvgIpc) is 2.68. The lowest BCUT2D eigenvalue weighted by Gasteiger charge is -2.38. The zero-order valence-corrected chi connectivity index (χ0v) is 15.0. The standard InChI is InChI=1S/C21H20FN3O2/c1-14-11-18(17-5-4-16(22)12-19(17)24-14)20(26)25-9-6-21(27,7-10-25)15-3-2-8-23-13-15/h2-5,8,11-13,27H,6-7,9-10H2,1H3. The first-order valence-electron chi connectivity index (χ1n) is 8.95. The molecule has 0 bridgehead atoms. The van der Waals surface area contributed by atoms with Crippen molar-refractivity contribution >= 4 is 16.8 Å². The number of rotatable bonds is 2. The number of pyridine rings is 2. The highest BCUT2D eigenvalue weighted by Crippen LogP contribution is 2.33. The maximum atomic E-state index is 13.5. The average molecular weight is 365 g/mol. The summed E-state index contributed by atoms with van der Waals surface area (Å²) in [5, 5.41) is 11.6. The van der Waals surface area contributed by atoms with Crippen LogP contribution in [0, 0.1) is 12.7 Å². The summed E-state index contributed by atoms with van der Waals surface area (Å²) in [5.74, 6) is -0.496. The summed E-state index contributed by atoms with van der Waals surface area (Å²) < 4.78 is 13.5. The van der Waals surface area contributed by atoms with Gasteiger partial charge in [0, 0.05) is 48.2 Å². The number of carbonyl (C=O) groups is 1. The van der Waals surface area contributed by atoms with Crippen molar-refractivity contribution in [2.45, 2.75) is 25.4 Å². The largest absolute Gasteiger partial charge is 0.385 e. The maximum absolute atomic E-state index is 13.5. The van der Waals surface area contributed by atoms with Gasteiger partial charge in [0.25, 0.3) is 5.91 Å². The van der Waals surface area contributed by atoms with Crippen molar-refractivity contribution in [2.24, 2.45) is 0 Å². The quantitative estimate of drug-likeness (QED) is 0.757. The lowest BCUT2D eigenvalue weighted by atomic mass is 9.85. The van der Waals surface area contributed by atoms with Crippen LogP contribution >= 0.6 is 0 Å². The molecule has 0 spiro atoms. The van der Waals surface area contributed by atoms with E-state index in [1.54, 1.807) is 42.4 Å². The van der Waals surface area contributed by atoms with Crippen LogP contribution in [-0.2, 0) is 5.60 Å². The molecule has 2 aromatic heterocycles. The molecule has 1 aromatic carbocycles. The van der Waals surface area contributed by atoms with E-state index < -0.39 is 5.60 Å². The predicted molar refractivity (Wildman–Crippen MR) is 99.7 cm³/mol. The Morgan fingerprint density at radius 2 is 2.00 bits per heavy atom. The molecule has 0 aliphatic carbocycles. The summed E-state index contributed by atoms with van der Waals surface area (Å²) >= 11 is 0. The van der Waals surface area contributed by atoms with Gasteiger partial charge in [-0.3, -0.25) is 14.8 Å². The summed E-state index contributed by atoms with van der Waals surface area (Å²) in [5.41, 5.74) is 1.47. The lowest BCUT2D eigenvalue weighted by Crippen LogP contribution is -2.45. The van der Waals surface area contributed by atoms with Gasteiger partial charge in [-0.1, -0.05) is 6.07 Å². The van der Waals surface area contributed by atoms with Gasteiger partial charge in [-0.15, -0.1) is 0 Å². The molecule has 1 fully saturated rings. The third kappa shape index (κ3) is 3.28. The van der Waals surface area contributed by atoms with E-state index >= 15 is 0 Å².